The van der Waals surface area contributed by atoms with Crippen molar-refractivity contribution in [3.05, 3.63) is 93.1 Å². The maximum atomic E-state index is 14.0. The van der Waals surface area contributed by atoms with Gasteiger partial charge in [0.15, 0.2) is 16.7 Å². The Morgan fingerprint density at radius 3 is 2.53 bits per heavy atom. The summed E-state index contributed by atoms with van der Waals surface area (Å²) in [5.74, 6) is -0.962. The van der Waals surface area contributed by atoms with E-state index in [4.69, 9.17) is 26.2 Å². The molecule has 1 saturated heterocycles. The number of likely N-dealkylation sites (N-methyl/N-ethyl adjacent to an activating group) is 1. The molecule has 0 unspecified atom stereocenters. The largest absolute Gasteiger partial charge is 0.490 e. The van der Waals surface area contributed by atoms with Crippen molar-refractivity contribution in [2.75, 3.05) is 13.2 Å². The third-order valence-electron chi connectivity index (χ3n) is 5.50. The van der Waals surface area contributed by atoms with E-state index in [0.29, 0.717) is 45.8 Å². The Bertz CT molecular complexity index is 1430. The number of halogens is 2. The number of ether oxygens (including phenoxy) is 2. The third-order valence-corrected chi connectivity index (χ3v) is 6.79. The van der Waals surface area contributed by atoms with E-state index in [9.17, 15) is 14.0 Å². The molecule has 0 aromatic heterocycles. The zero-order valence-corrected chi connectivity index (χ0v) is 22.2. The molecule has 0 radical (unpaired) electrons. The molecule has 4 rings (SSSR count). The monoisotopic (exact) mass is 554 g/mol. The van der Waals surface area contributed by atoms with Gasteiger partial charge in [-0.3, -0.25) is 9.69 Å². The van der Waals surface area contributed by atoms with Gasteiger partial charge in [0.2, 0.25) is 0 Å². The Morgan fingerprint density at radius 2 is 1.87 bits per heavy atom. The summed E-state index contributed by atoms with van der Waals surface area (Å²) in [4.78, 5) is 30.7. The molecule has 1 aliphatic heterocycles. The SMILES string of the molecule is CCOc1cc(C=C2SC(=Nc3ccc(C(=O)O)cc3)N(CC)C2=O)cc(Cl)c1OCc1ccccc1F. The lowest BCUT2D eigenvalue weighted by molar-refractivity contribution is -0.122. The molecule has 3 aromatic rings. The lowest BCUT2D eigenvalue weighted by atomic mass is 10.1. The van der Waals surface area contributed by atoms with Gasteiger partial charge >= 0.3 is 5.97 Å². The van der Waals surface area contributed by atoms with Gasteiger partial charge in [-0.2, -0.15) is 0 Å². The number of amides is 1. The molecule has 1 N–H and O–H groups in total. The lowest BCUT2D eigenvalue weighted by Gasteiger charge is -2.15. The first-order chi connectivity index (χ1) is 18.3. The van der Waals surface area contributed by atoms with E-state index in [1.165, 1.54) is 30.0 Å². The van der Waals surface area contributed by atoms with Gasteiger partial charge in [-0.15, -0.1) is 0 Å². The first-order valence-electron chi connectivity index (χ1n) is 11.8. The molecule has 0 spiro atoms. The van der Waals surface area contributed by atoms with Crippen molar-refractivity contribution in [3.63, 3.8) is 0 Å². The molecule has 0 aliphatic carbocycles. The normalized spacial score (nSPS) is 15.4. The summed E-state index contributed by atoms with van der Waals surface area (Å²) < 4.78 is 25.6. The molecule has 38 heavy (non-hydrogen) atoms. The van der Waals surface area contributed by atoms with E-state index in [-0.39, 0.29) is 34.7 Å². The summed E-state index contributed by atoms with van der Waals surface area (Å²) in [6.45, 7) is 4.39. The van der Waals surface area contributed by atoms with Gasteiger partial charge in [0, 0.05) is 12.1 Å². The van der Waals surface area contributed by atoms with Crippen molar-refractivity contribution in [3.8, 4) is 11.5 Å². The van der Waals surface area contributed by atoms with Gasteiger partial charge in [0.25, 0.3) is 5.91 Å². The number of carboxylic acids is 1. The zero-order valence-electron chi connectivity index (χ0n) is 20.6. The van der Waals surface area contributed by atoms with Crippen LogP contribution in [-0.4, -0.2) is 40.2 Å². The Kier molecular flexibility index (Phi) is 8.70. The van der Waals surface area contributed by atoms with Crippen molar-refractivity contribution in [1.82, 2.24) is 4.90 Å². The third kappa shape index (κ3) is 6.17. The van der Waals surface area contributed by atoms with E-state index in [1.54, 1.807) is 53.4 Å². The predicted molar refractivity (Wildman–Crippen MR) is 147 cm³/mol. The van der Waals surface area contributed by atoms with Crippen molar-refractivity contribution in [1.29, 1.82) is 0 Å². The fourth-order valence-corrected chi connectivity index (χ4v) is 4.99. The Hall–Kier alpha value is -3.82. The summed E-state index contributed by atoms with van der Waals surface area (Å²) in [6.07, 6.45) is 1.70. The number of carbonyl (C=O) groups is 2. The molecular formula is C28H24ClFN2O5S. The number of benzene rings is 3. The molecule has 0 bridgehead atoms. The van der Waals surface area contributed by atoms with Crippen molar-refractivity contribution < 1.29 is 28.6 Å². The van der Waals surface area contributed by atoms with E-state index < -0.39 is 5.97 Å². The van der Waals surface area contributed by atoms with E-state index >= 15 is 0 Å². The quantitative estimate of drug-likeness (QED) is 0.293. The average Bonchev–Trinajstić information content (AvgIpc) is 3.18. The van der Waals surface area contributed by atoms with Gasteiger partial charge in [0.1, 0.15) is 12.4 Å². The number of carbonyl (C=O) groups excluding carboxylic acids is 1. The van der Waals surface area contributed by atoms with Gasteiger partial charge in [-0.1, -0.05) is 29.8 Å². The smallest absolute Gasteiger partial charge is 0.335 e. The maximum Gasteiger partial charge on any atom is 0.335 e. The van der Waals surface area contributed by atoms with Crippen LogP contribution >= 0.6 is 23.4 Å². The summed E-state index contributed by atoms with van der Waals surface area (Å²) in [5, 5.41) is 9.83. The second kappa shape index (κ2) is 12.1. The summed E-state index contributed by atoms with van der Waals surface area (Å²) in [6, 6.07) is 15.8. The van der Waals surface area contributed by atoms with Crippen LogP contribution in [0.15, 0.2) is 70.6 Å². The lowest BCUT2D eigenvalue weighted by Crippen LogP contribution is -2.28. The highest BCUT2D eigenvalue weighted by molar-refractivity contribution is 8.18. The predicted octanol–water partition coefficient (Wildman–Crippen LogP) is 6.78. The van der Waals surface area contributed by atoms with Crippen LogP contribution < -0.4 is 9.47 Å². The topological polar surface area (TPSA) is 88.4 Å². The number of nitrogens with zero attached hydrogens (tertiary/aromatic N) is 2. The first kappa shape index (κ1) is 27.2. The van der Waals surface area contributed by atoms with Crippen LogP contribution in [-0.2, 0) is 11.4 Å². The Balaban J connectivity index is 1.60. The number of amidine groups is 1. The van der Waals surface area contributed by atoms with Crippen LogP contribution in [0.4, 0.5) is 10.1 Å². The van der Waals surface area contributed by atoms with E-state index in [1.807, 2.05) is 13.8 Å². The molecule has 196 valence electrons. The Morgan fingerprint density at radius 1 is 1.13 bits per heavy atom. The minimum absolute atomic E-state index is 0.0278. The number of rotatable bonds is 9. The summed E-state index contributed by atoms with van der Waals surface area (Å²) in [5.41, 5.74) is 1.69. The van der Waals surface area contributed by atoms with Crippen LogP contribution in [0.3, 0.4) is 0 Å². The molecule has 0 saturated carbocycles. The summed E-state index contributed by atoms with van der Waals surface area (Å²) in [7, 11) is 0. The number of hydrogen-bond donors (Lipinski definition) is 1. The molecule has 10 heteroatoms. The average molecular weight is 555 g/mol. The molecule has 1 fully saturated rings. The number of carboxylic acid groups (broad SMARTS) is 1. The van der Waals surface area contributed by atoms with Gasteiger partial charge in [-0.25, -0.2) is 14.2 Å². The molecule has 1 amide bonds. The zero-order chi connectivity index (χ0) is 27.2. The van der Waals surface area contributed by atoms with Crippen LogP contribution in [0.25, 0.3) is 6.08 Å². The number of aliphatic imine (C=N–C) groups is 1. The maximum absolute atomic E-state index is 14.0. The van der Waals surface area contributed by atoms with Gasteiger partial charge in [-0.05, 0) is 79.7 Å². The van der Waals surface area contributed by atoms with Crippen LogP contribution in [0, 0.1) is 5.82 Å². The molecule has 1 heterocycles. The fraction of sp³-hybridized carbons (Fsp3) is 0.179. The number of hydrogen-bond acceptors (Lipinski definition) is 6. The minimum atomic E-state index is -1.02. The Labute approximate surface area is 228 Å². The van der Waals surface area contributed by atoms with Gasteiger partial charge in [0.05, 0.1) is 27.8 Å². The first-order valence-corrected chi connectivity index (χ1v) is 13.0. The van der Waals surface area contributed by atoms with E-state index in [0.717, 1.165) is 0 Å². The second-order valence-electron chi connectivity index (χ2n) is 8.05. The molecule has 0 atom stereocenters. The molecule has 7 nitrogen and oxygen atoms in total. The summed E-state index contributed by atoms with van der Waals surface area (Å²) >= 11 is 7.73. The van der Waals surface area contributed by atoms with E-state index in [2.05, 4.69) is 4.99 Å². The van der Waals surface area contributed by atoms with Crippen LogP contribution in [0.5, 0.6) is 11.5 Å². The second-order valence-corrected chi connectivity index (χ2v) is 9.47. The fourth-order valence-electron chi connectivity index (χ4n) is 3.65. The number of thioether (sulfide) groups is 1. The highest BCUT2D eigenvalue weighted by atomic mass is 35.5. The molecular weight excluding hydrogens is 531 g/mol. The van der Waals surface area contributed by atoms with Crippen molar-refractivity contribution >= 4 is 52.2 Å². The molecule has 1 aliphatic rings. The standard InChI is InChI=1S/C28H24ClFN2O5S/c1-3-32-26(33)24(38-28(32)31-20-11-9-18(10-12-20)27(34)35)15-17-13-21(29)25(23(14-17)36-4-2)37-16-19-7-5-6-8-22(19)30/h5-15H,3-4,16H2,1-2H3,(H,34,35). The van der Waals surface area contributed by atoms with Crippen LogP contribution in [0.2, 0.25) is 5.02 Å². The van der Waals surface area contributed by atoms with Crippen molar-refractivity contribution in [2.24, 2.45) is 4.99 Å². The molecule has 3 aromatic carbocycles. The number of aromatic carboxylic acids is 1. The highest BCUT2D eigenvalue weighted by Crippen LogP contribution is 2.40. The minimum Gasteiger partial charge on any atom is -0.490 e. The van der Waals surface area contributed by atoms with Gasteiger partial charge < -0.3 is 14.6 Å². The van der Waals surface area contributed by atoms with Crippen LogP contribution in [0.1, 0.15) is 35.3 Å². The van der Waals surface area contributed by atoms with Crippen molar-refractivity contribution in [2.45, 2.75) is 20.5 Å². The highest BCUT2D eigenvalue weighted by Gasteiger charge is 2.32.